The van der Waals surface area contributed by atoms with Crippen LogP contribution in [0.15, 0.2) is 41.1 Å². The van der Waals surface area contributed by atoms with Crippen molar-refractivity contribution in [2.45, 2.75) is 32.1 Å². The number of nitrogens with two attached hydrogens (primary N) is 1. The number of amides is 1. The van der Waals surface area contributed by atoms with Gasteiger partial charge in [0.2, 0.25) is 5.89 Å². The molecular formula is C20H21N5O2. The lowest BCUT2D eigenvalue weighted by Gasteiger charge is -2.07. The van der Waals surface area contributed by atoms with Crippen LogP contribution in [0.5, 0.6) is 0 Å². The molecule has 0 spiro atoms. The Kier molecular flexibility index (Phi) is 4.58. The molecule has 2 heterocycles. The highest BCUT2D eigenvalue weighted by Gasteiger charge is 2.29. The average molecular weight is 363 g/mol. The molecule has 1 saturated carbocycles. The minimum Gasteiger partial charge on any atom is -0.383 e. The molecule has 1 amide bonds. The first-order valence-corrected chi connectivity index (χ1v) is 9.03. The molecule has 3 aromatic rings. The van der Waals surface area contributed by atoms with E-state index in [1.165, 1.54) is 0 Å². The number of nitrogens with one attached hydrogen (secondary N) is 1. The van der Waals surface area contributed by atoms with Crippen molar-refractivity contribution in [3.8, 4) is 11.1 Å². The molecule has 4 rings (SSSR count). The van der Waals surface area contributed by atoms with E-state index in [1.807, 2.05) is 25.1 Å². The van der Waals surface area contributed by atoms with Crippen LogP contribution in [-0.4, -0.2) is 27.6 Å². The summed E-state index contributed by atoms with van der Waals surface area (Å²) in [5.74, 6) is 2.21. The van der Waals surface area contributed by atoms with Gasteiger partial charge in [0.15, 0.2) is 5.82 Å². The van der Waals surface area contributed by atoms with E-state index in [0.717, 1.165) is 35.4 Å². The summed E-state index contributed by atoms with van der Waals surface area (Å²) in [5.41, 5.74) is 9.25. The van der Waals surface area contributed by atoms with Gasteiger partial charge in [0.1, 0.15) is 5.82 Å². The van der Waals surface area contributed by atoms with Gasteiger partial charge in [0, 0.05) is 36.2 Å². The fourth-order valence-electron chi connectivity index (χ4n) is 2.81. The highest BCUT2D eigenvalue weighted by atomic mass is 16.5. The molecule has 27 heavy (non-hydrogen) atoms. The van der Waals surface area contributed by atoms with Gasteiger partial charge in [-0.25, -0.2) is 4.98 Å². The third-order valence-electron chi connectivity index (χ3n) is 4.64. The Balaban J connectivity index is 1.33. The van der Waals surface area contributed by atoms with Gasteiger partial charge in [-0.1, -0.05) is 17.3 Å². The predicted octanol–water partition coefficient (Wildman–Crippen LogP) is 2.87. The van der Waals surface area contributed by atoms with E-state index >= 15 is 0 Å². The summed E-state index contributed by atoms with van der Waals surface area (Å²) in [7, 11) is 0. The number of rotatable bonds is 6. The van der Waals surface area contributed by atoms with Gasteiger partial charge in [-0.2, -0.15) is 4.98 Å². The molecule has 2 aromatic heterocycles. The first kappa shape index (κ1) is 17.2. The van der Waals surface area contributed by atoms with E-state index in [2.05, 4.69) is 20.4 Å². The van der Waals surface area contributed by atoms with Gasteiger partial charge >= 0.3 is 0 Å². The average Bonchev–Trinajstić information content (AvgIpc) is 3.43. The van der Waals surface area contributed by atoms with Gasteiger partial charge in [-0.05, 0) is 49.1 Å². The number of carbonyl (C=O) groups excluding carboxylic acids is 1. The fraction of sp³-hybridized carbons (Fsp3) is 0.300. The molecular weight excluding hydrogens is 342 g/mol. The van der Waals surface area contributed by atoms with Crippen molar-refractivity contribution >= 4 is 11.7 Å². The molecule has 1 aliphatic carbocycles. The summed E-state index contributed by atoms with van der Waals surface area (Å²) < 4.78 is 5.21. The zero-order valence-corrected chi connectivity index (χ0v) is 15.1. The summed E-state index contributed by atoms with van der Waals surface area (Å²) in [6.07, 6.45) is 4.54. The quantitative estimate of drug-likeness (QED) is 0.697. The van der Waals surface area contributed by atoms with E-state index in [9.17, 15) is 4.79 Å². The summed E-state index contributed by atoms with van der Waals surface area (Å²) in [6.45, 7) is 2.39. The summed E-state index contributed by atoms with van der Waals surface area (Å²) in [5, 5.41) is 6.84. The first-order valence-electron chi connectivity index (χ1n) is 9.03. The monoisotopic (exact) mass is 363 g/mol. The number of benzene rings is 1. The number of anilines is 1. The van der Waals surface area contributed by atoms with Crippen molar-refractivity contribution in [1.82, 2.24) is 20.4 Å². The Morgan fingerprint density at radius 1 is 1.26 bits per heavy atom. The third kappa shape index (κ3) is 3.97. The van der Waals surface area contributed by atoms with Gasteiger partial charge in [0.05, 0.1) is 0 Å². The van der Waals surface area contributed by atoms with Gasteiger partial charge < -0.3 is 15.6 Å². The maximum atomic E-state index is 12.3. The minimum atomic E-state index is -0.126. The second-order valence-corrected chi connectivity index (χ2v) is 6.83. The highest BCUT2D eigenvalue weighted by molar-refractivity contribution is 5.94. The predicted molar refractivity (Wildman–Crippen MR) is 101 cm³/mol. The molecule has 138 valence electrons. The Labute approximate surface area is 157 Å². The molecule has 0 saturated heterocycles. The second-order valence-electron chi connectivity index (χ2n) is 6.83. The molecule has 7 heteroatoms. The van der Waals surface area contributed by atoms with Crippen LogP contribution >= 0.6 is 0 Å². The number of aryl methyl sites for hydroxylation is 1. The first-order chi connectivity index (χ1) is 13.1. The lowest BCUT2D eigenvalue weighted by molar-refractivity contribution is 0.0954. The van der Waals surface area contributed by atoms with Crippen molar-refractivity contribution in [1.29, 1.82) is 0 Å². The van der Waals surface area contributed by atoms with Crippen molar-refractivity contribution < 1.29 is 9.32 Å². The van der Waals surface area contributed by atoms with Crippen LogP contribution < -0.4 is 11.1 Å². The van der Waals surface area contributed by atoms with E-state index in [1.54, 1.807) is 18.3 Å². The van der Waals surface area contributed by atoms with Crippen LogP contribution in [0.1, 0.15) is 46.4 Å². The highest BCUT2D eigenvalue weighted by Crippen LogP contribution is 2.38. The fourth-order valence-corrected chi connectivity index (χ4v) is 2.81. The van der Waals surface area contributed by atoms with E-state index in [0.29, 0.717) is 36.1 Å². The number of nitrogens with zero attached hydrogens (tertiary/aromatic N) is 3. The van der Waals surface area contributed by atoms with Gasteiger partial charge in [-0.3, -0.25) is 4.79 Å². The number of hydrogen-bond donors (Lipinski definition) is 2. The molecule has 0 radical (unpaired) electrons. The SMILES string of the molecule is Cc1cc(-c2ccc(C(=O)NCCc3noc(C4CC4)n3)cc2)cnc1N. The molecule has 1 aliphatic rings. The topological polar surface area (TPSA) is 107 Å². The molecule has 1 aromatic carbocycles. The Bertz CT molecular complexity index is 961. The standard InChI is InChI=1S/C20H21N5O2/c1-12-10-16(11-23-18(12)21)13-2-4-14(5-3-13)19(26)22-9-8-17-24-20(27-25-17)15-6-7-15/h2-5,10-11,15H,6-9H2,1H3,(H2,21,23)(H,22,26). The summed E-state index contributed by atoms with van der Waals surface area (Å²) in [6, 6.07) is 9.40. The zero-order chi connectivity index (χ0) is 18.8. The molecule has 0 atom stereocenters. The second kappa shape index (κ2) is 7.19. The molecule has 0 unspecified atom stereocenters. The van der Waals surface area contributed by atoms with Gasteiger partial charge in [-0.15, -0.1) is 0 Å². The van der Waals surface area contributed by atoms with Crippen LogP contribution in [-0.2, 0) is 6.42 Å². The number of pyridine rings is 1. The van der Waals surface area contributed by atoms with Crippen molar-refractivity contribution in [3.63, 3.8) is 0 Å². The van der Waals surface area contributed by atoms with Crippen molar-refractivity contribution in [2.75, 3.05) is 12.3 Å². The maximum absolute atomic E-state index is 12.3. The number of hydrogen-bond acceptors (Lipinski definition) is 6. The summed E-state index contributed by atoms with van der Waals surface area (Å²) >= 11 is 0. The third-order valence-corrected chi connectivity index (χ3v) is 4.64. The Morgan fingerprint density at radius 3 is 2.74 bits per heavy atom. The smallest absolute Gasteiger partial charge is 0.251 e. The van der Waals surface area contributed by atoms with E-state index in [4.69, 9.17) is 10.3 Å². The van der Waals surface area contributed by atoms with Crippen molar-refractivity contribution in [3.05, 3.63) is 59.4 Å². The zero-order valence-electron chi connectivity index (χ0n) is 15.1. The molecule has 0 bridgehead atoms. The molecule has 3 N–H and O–H groups in total. The van der Waals surface area contributed by atoms with E-state index < -0.39 is 0 Å². The van der Waals surface area contributed by atoms with Crippen LogP contribution in [0, 0.1) is 6.92 Å². The number of aromatic nitrogens is 3. The Morgan fingerprint density at radius 2 is 2.04 bits per heavy atom. The number of nitrogen functional groups attached to an aromatic ring is 1. The van der Waals surface area contributed by atoms with Crippen LogP contribution in [0.2, 0.25) is 0 Å². The maximum Gasteiger partial charge on any atom is 0.251 e. The molecule has 1 fully saturated rings. The van der Waals surface area contributed by atoms with Crippen molar-refractivity contribution in [2.24, 2.45) is 0 Å². The van der Waals surface area contributed by atoms with E-state index in [-0.39, 0.29) is 5.91 Å². The summed E-state index contributed by atoms with van der Waals surface area (Å²) in [4.78, 5) is 20.8. The Hall–Kier alpha value is -3.22. The minimum absolute atomic E-state index is 0.126. The van der Waals surface area contributed by atoms with Gasteiger partial charge in [0.25, 0.3) is 5.91 Å². The van der Waals surface area contributed by atoms with Crippen LogP contribution in [0.4, 0.5) is 5.82 Å². The van der Waals surface area contributed by atoms with Crippen LogP contribution in [0.25, 0.3) is 11.1 Å². The molecule has 0 aliphatic heterocycles. The number of carbonyl (C=O) groups is 1. The lowest BCUT2D eigenvalue weighted by atomic mass is 10.0. The lowest BCUT2D eigenvalue weighted by Crippen LogP contribution is -2.25. The molecule has 7 nitrogen and oxygen atoms in total. The largest absolute Gasteiger partial charge is 0.383 e. The van der Waals surface area contributed by atoms with Crippen LogP contribution in [0.3, 0.4) is 0 Å². The normalized spacial score (nSPS) is 13.5.